The lowest BCUT2D eigenvalue weighted by Gasteiger charge is -2.32. The van der Waals surface area contributed by atoms with Crippen molar-refractivity contribution < 1.29 is 13.6 Å². The van der Waals surface area contributed by atoms with Gasteiger partial charge in [0, 0.05) is 36.6 Å². The Hall–Kier alpha value is -1.92. The van der Waals surface area contributed by atoms with Crippen LogP contribution >= 0.6 is 11.8 Å². The lowest BCUT2D eigenvalue weighted by atomic mass is 10.0. The van der Waals surface area contributed by atoms with E-state index < -0.39 is 11.6 Å². The Kier molecular flexibility index (Phi) is 6.63. The van der Waals surface area contributed by atoms with E-state index in [2.05, 4.69) is 22.3 Å². The van der Waals surface area contributed by atoms with E-state index >= 15 is 0 Å². The molecule has 6 heteroatoms. The number of nitrogens with one attached hydrogen (secondary N) is 1. The molecule has 0 saturated carbocycles. The van der Waals surface area contributed by atoms with Crippen molar-refractivity contribution in [3.05, 3.63) is 65.7 Å². The number of carbonyl (C=O) groups excluding carboxylic acids is 1. The molecule has 1 heterocycles. The highest BCUT2D eigenvalue weighted by atomic mass is 32.2. The first kappa shape index (κ1) is 18.9. The van der Waals surface area contributed by atoms with Crippen LogP contribution in [0.3, 0.4) is 0 Å². The third-order valence-corrected chi connectivity index (χ3v) is 5.50. The van der Waals surface area contributed by atoms with Gasteiger partial charge in [-0.05, 0) is 30.5 Å². The van der Waals surface area contributed by atoms with Crippen LogP contribution in [0.5, 0.6) is 0 Å². The van der Waals surface area contributed by atoms with Gasteiger partial charge in [0.25, 0.3) is 0 Å². The van der Waals surface area contributed by atoms with E-state index in [1.807, 2.05) is 18.2 Å². The molecule has 0 radical (unpaired) electrons. The van der Waals surface area contributed by atoms with Gasteiger partial charge in [0.05, 0.1) is 5.75 Å². The Labute approximate surface area is 156 Å². The lowest BCUT2D eigenvalue weighted by molar-refractivity contribution is -0.119. The number of carbonyl (C=O) groups is 1. The van der Waals surface area contributed by atoms with Crippen LogP contribution in [-0.2, 0) is 11.3 Å². The quantitative estimate of drug-likeness (QED) is 0.778. The average molecular weight is 376 g/mol. The van der Waals surface area contributed by atoms with Crippen LogP contribution < -0.4 is 5.32 Å². The van der Waals surface area contributed by atoms with Crippen LogP contribution in [0.4, 0.5) is 8.78 Å². The molecular weight excluding hydrogens is 354 g/mol. The maximum absolute atomic E-state index is 13.6. The van der Waals surface area contributed by atoms with Gasteiger partial charge in [0.15, 0.2) is 0 Å². The molecule has 138 valence electrons. The minimum atomic E-state index is -0.628. The minimum absolute atomic E-state index is 0.111. The van der Waals surface area contributed by atoms with Gasteiger partial charge in [0.2, 0.25) is 5.91 Å². The van der Waals surface area contributed by atoms with Gasteiger partial charge in [0.1, 0.15) is 11.6 Å². The number of hydrogen-bond donors (Lipinski definition) is 1. The molecule has 1 N–H and O–H groups in total. The molecule has 1 amide bonds. The zero-order chi connectivity index (χ0) is 18.4. The first-order valence-corrected chi connectivity index (χ1v) is 9.72. The standard InChI is InChI=1S/C20H22F2N2OS/c21-16-6-7-19(18(22)12-16)26-14-20(25)23-17-8-10-24(11-9-17)13-15-4-2-1-3-5-15/h1-7,12,17H,8-11,13-14H2,(H,23,25). The molecule has 26 heavy (non-hydrogen) atoms. The van der Waals surface area contributed by atoms with E-state index in [4.69, 9.17) is 0 Å². The Balaban J connectivity index is 1.39. The molecule has 1 aliphatic heterocycles. The van der Waals surface area contributed by atoms with Crippen molar-refractivity contribution in [3.63, 3.8) is 0 Å². The van der Waals surface area contributed by atoms with Crippen LogP contribution in [0.15, 0.2) is 53.4 Å². The second-order valence-corrected chi connectivity index (χ2v) is 7.48. The highest BCUT2D eigenvalue weighted by Gasteiger charge is 2.20. The molecule has 1 saturated heterocycles. The lowest BCUT2D eigenvalue weighted by Crippen LogP contribution is -2.44. The van der Waals surface area contributed by atoms with Crippen molar-refractivity contribution >= 4 is 17.7 Å². The summed E-state index contributed by atoms with van der Waals surface area (Å²) >= 11 is 1.09. The van der Waals surface area contributed by atoms with Crippen molar-refractivity contribution in [1.29, 1.82) is 0 Å². The average Bonchev–Trinajstić information content (AvgIpc) is 2.63. The fraction of sp³-hybridized carbons (Fsp3) is 0.350. The SMILES string of the molecule is O=C(CSc1ccc(F)cc1F)NC1CCN(Cc2ccccc2)CC1. The molecule has 1 aliphatic rings. The maximum atomic E-state index is 13.6. The van der Waals surface area contributed by atoms with Crippen molar-refractivity contribution in [1.82, 2.24) is 10.2 Å². The Morgan fingerprint density at radius 1 is 1.12 bits per heavy atom. The second kappa shape index (κ2) is 9.14. The van der Waals surface area contributed by atoms with E-state index in [1.54, 1.807) is 0 Å². The van der Waals surface area contributed by atoms with Gasteiger partial charge < -0.3 is 5.32 Å². The number of amides is 1. The number of nitrogens with zero attached hydrogens (tertiary/aromatic N) is 1. The van der Waals surface area contributed by atoms with Gasteiger partial charge >= 0.3 is 0 Å². The zero-order valence-corrected chi connectivity index (χ0v) is 15.3. The van der Waals surface area contributed by atoms with Crippen LogP contribution in [0, 0.1) is 11.6 Å². The van der Waals surface area contributed by atoms with Crippen molar-refractivity contribution in [3.8, 4) is 0 Å². The number of benzene rings is 2. The van der Waals surface area contributed by atoms with Crippen molar-refractivity contribution in [2.24, 2.45) is 0 Å². The summed E-state index contributed by atoms with van der Waals surface area (Å²) in [7, 11) is 0. The van der Waals surface area contributed by atoms with Crippen LogP contribution in [0.2, 0.25) is 0 Å². The fourth-order valence-electron chi connectivity index (χ4n) is 3.08. The number of likely N-dealkylation sites (tertiary alicyclic amines) is 1. The van der Waals surface area contributed by atoms with Gasteiger partial charge in [-0.25, -0.2) is 8.78 Å². The highest BCUT2D eigenvalue weighted by molar-refractivity contribution is 8.00. The predicted molar refractivity (Wildman–Crippen MR) is 100.0 cm³/mol. The number of rotatable bonds is 6. The molecule has 0 aromatic heterocycles. The largest absolute Gasteiger partial charge is 0.353 e. The monoisotopic (exact) mass is 376 g/mol. The van der Waals surface area contributed by atoms with Crippen molar-refractivity contribution in [2.45, 2.75) is 30.3 Å². The summed E-state index contributed by atoms with van der Waals surface area (Å²) in [5.74, 6) is -1.22. The zero-order valence-electron chi connectivity index (χ0n) is 14.5. The Bertz CT molecular complexity index is 734. The summed E-state index contributed by atoms with van der Waals surface area (Å²) in [5, 5.41) is 3.02. The number of halogens is 2. The van der Waals surface area contributed by atoms with Gasteiger partial charge in [-0.3, -0.25) is 9.69 Å². The van der Waals surface area contributed by atoms with Gasteiger partial charge in [-0.1, -0.05) is 30.3 Å². The minimum Gasteiger partial charge on any atom is -0.353 e. The normalized spacial score (nSPS) is 15.8. The first-order valence-electron chi connectivity index (χ1n) is 8.73. The van der Waals surface area contributed by atoms with E-state index in [-0.39, 0.29) is 17.7 Å². The van der Waals surface area contributed by atoms with E-state index in [9.17, 15) is 13.6 Å². The van der Waals surface area contributed by atoms with Crippen LogP contribution in [0.1, 0.15) is 18.4 Å². The number of hydrogen-bond acceptors (Lipinski definition) is 3. The summed E-state index contributed by atoms with van der Waals surface area (Å²) in [5.41, 5.74) is 1.30. The smallest absolute Gasteiger partial charge is 0.230 e. The van der Waals surface area contributed by atoms with Crippen molar-refractivity contribution in [2.75, 3.05) is 18.8 Å². The topological polar surface area (TPSA) is 32.3 Å². The van der Waals surface area contributed by atoms with E-state index in [0.717, 1.165) is 50.3 Å². The predicted octanol–water partition coefficient (Wildman–Crippen LogP) is 3.84. The Morgan fingerprint density at radius 3 is 2.54 bits per heavy atom. The molecule has 2 aromatic carbocycles. The molecule has 0 unspecified atom stereocenters. The number of thioether (sulfide) groups is 1. The number of piperidine rings is 1. The van der Waals surface area contributed by atoms with E-state index in [0.29, 0.717) is 4.90 Å². The summed E-state index contributed by atoms with van der Waals surface area (Å²) in [6, 6.07) is 13.9. The molecule has 3 nitrogen and oxygen atoms in total. The van der Waals surface area contributed by atoms with Gasteiger partial charge in [-0.15, -0.1) is 11.8 Å². The molecule has 1 fully saturated rings. The summed E-state index contributed by atoms with van der Waals surface area (Å²) in [4.78, 5) is 14.8. The summed E-state index contributed by atoms with van der Waals surface area (Å²) in [6.07, 6.45) is 1.82. The third kappa shape index (κ3) is 5.54. The molecule has 0 atom stereocenters. The molecule has 3 rings (SSSR count). The van der Waals surface area contributed by atoms with Crippen LogP contribution in [-0.4, -0.2) is 35.7 Å². The summed E-state index contributed by atoms with van der Waals surface area (Å²) in [6.45, 7) is 2.82. The summed E-state index contributed by atoms with van der Waals surface area (Å²) < 4.78 is 26.5. The molecule has 2 aromatic rings. The fourth-order valence-corrected chi connectivity index (χ4v) is 3.81. The molecule has 0 bridgehead atoms. The molecule has 0 aliphatic carbocycles. The first-order chi connectivity index (χ1) is 12.6. The second-order valence-electron chi connectivity index (χ2n) is 6.47. The van der Waals surface area contributed by atoms with Crippen LogP contribution in [0.25, 0.3) is 0 Å². The highest BCUT2D eigenvalue weighted by Crippen LogP contribution is 2.22. The molecular formula is C20H22F2N2OS. The van der Waals surface area contributed by atoms with E-state index in [1.165, 1.54) is 17.7 Å². The van der Waals surface area contributed by atoms with Gasteiger partial charge in [-0.2, -0.15) is 0 Å². The maximum Gasteiger partial charge on any atom is 0.230 e. The Morgan fingerprint density at radius 2 is 1.85 bits per heavy atom. The molecule has 0 spiro atoms. The third-order valence-electron chi connectivity index (χ3n) is 4.45.